The number of carboxylic acids is 1. The molecule has 6 nitrogen and oxygen atoms in total. The molecule has 3 aromatic heterocycles. The Morgan fingerprint density at radius 2 is 1.60 bits per heavy atom. The molecule has 0 aliphatic heterocycles. The molecular formula is C34H27N3O3. The first kappa shape index (κ1) is 25.1. The van der Waals surface area contributed by atoms with Gasteiger partial charge in [0.05, 0.1) is 17.1 Å². The number of carboxylic acid groups (broad SMARTS) is 1. The van der Waals surface area contributed by atoms with Gasteiger partial charge < -0.3 is 14.8 Å². The van der Waals surface area contributed by atoms with Gasteiger partial charge in [-0.25, -0.2) is 4.79 Å². The maximum atomic E-state index is 13.8. The molecule has 3 heterocycles. The number of para-hydroxylation sites is 1. The Morgan fingerprint density at radius 3 is 2.38 bits per heavy atom. The molecule has 6 heteroatoms. The number of nitrogens with one attached hydrogen (secondary N) is 1. The molecule has 1 atom stereocenters. The third kappa shape index (κ3) is 4.95. The minimum absolute atomic E-state index is 0.208. The fraction of sp³-hybridized carbons (Fsp3) is 0.0882. The monoisotopic (exact) mass is 525 g/mol. The number of amides is 1. The topological polar surface area (TPSA) is 83.7 Å². The molecule has 0 unspecified atom stereocenters. The van der Waals surface area contributed by atoms with E-state index in [9.17, 15) is 14.7 Å². The van der Waals surface area contributed by atoms with Crippen molar-refractivity contribution in [2.75, 3.05) is 0 Å². The molecule has 6 rings (SSSR count). The number of hydrogen-bond donors (Lipinski definition) is 2. The Hall–Kier alpha value is -5.23. The van der Waals surface area contributed by atoms with E-state index < -0.39 is 5.97 Å². The summed E-state index contributed by atoms with van der Waals surface area (Å²) in [4.78, 5) is 29.7. The van der Waals surface area contributed by atoms with Gasteiger partial charge in [0.1, 0.15) is 5.69 Å². The van der Waals surface area contributed by atoms with Crippen LogP contribution in [0.5, 0.6) is 0 Å². The molecule has 0 saturated carbocycles. The lowest BCUT2D eigenvalue weighted by atomic mass is 10.0. The highest BCUT2D eigenvalue weighted by Crippen LogP contribution is 2.27. The average Bonchev–Trinajstić information content (AvgIpc) is 3.39. The predicted octanol–water partition coefficient (Wildman–Crippen LogP) is 6.93. The maximum Gasteiger partial charge on any atom is 0.335 e. The third-order valence-corrected chi connectivity index (χ3v) is 7.21. The Morgan fingerprint density at radius 1 is 0.850 bits per heavy atom. The molecule has 0 aliphatic carbocycles. The largest absolute Gasteiger partial charge is 0.478 e. The van der Waals surface area contributed by atoms with Crippen LogP contribution in [0.3, 0.4) is 0 Å². The summed E-state index contributed by atoms with van der Waals surface area (Å²) >= 11 is 0. The third-order valence-electron chi connectivity index (χ3n) is 7.21. The minimum atomic E-state index is -0.981. The number of hydrogen-bond acceptors (Lipinski definition) is 3. The number of pyridine rings is 2. The summed E-state index contributed by atoms with van der Waals surface area (Å²) in [5, 5.41) is 13.4. The van der Waals surface area contributed by atoms with E-state index in [4.69, 9.17) is 0 Å². The summed E-state index contributed by atoms with van der Waals surface area (Å²) in [6, 6.07) is 34.6. The van der Waals surface area contributed by atoms with Crippen LogP contribution in [0.1, 0.15) is 50.6 Å². The van der Waals surface area contributed by atoms with Crippen LogP contribution in [-0.4, -0.2) is 26.4 Å². The van der Waals surface area contributed by atoms with Gasteiger partial charge in [0, 0.05) is 29.2 Å². The zero-order valence-electron chi connectivity index (χ0n) is 21.9. The molecular weight excluding hydrogens is 498 g/mol. The molecule has 2 N–H and O–H groups in total. The van der Waals surface area contributed by atoms with E-state index >= 15 is 0 Å². The highest BCUT2D eigenvalue weighted by atomic mass is 16.4. The number of aromatic nitrogens is 2. The summed E-state index contributed by atoms with van der Waals surface area (Å²) < 4.78 is 2.01. The molecule has 40 heavy (non-hydrogen) atoms. The molecule has 0 spiro atoms. The van der Waals surface area contributed by atoms with Gasteiger partial charge in [0.25, 0.3) is 5.91 Å². The van der Waals surface area contributed by atoms with Crippen molar-refractivity contribution in [2.45, 2.75) is 19.4 Å². The number of fused-ring (bicyclic) bond motifs is 2. The SMILES string of the molecule is C[C@H](NC(=O)c1cc(-c2ccccc2)cc2ccc(Cc3cnc4ccccc4c3)n12)c1ccc(C(=O)O)cc1. The summed E-state index contributed by atoms with van der Waals surface area (Å²) in [6.07, 6.45) is 2.51. The smallest absolute Gasteiger partial charge is 0.335 e. The van der Waals surface area contributed by atoms with Crippen molar-refractivity contribution >= 4 is 28.3 Å². The van der Waals surface area contributed by atoms with E-state index in [1.165, 1.54) is 0 Å². The van der Waals surface area contributed by atoms with Crippen LogP contribution in [-0.2, 0) is 6.42 Å². The number of benzene rings is 3. The van der Waals surface area contributed by atoms with Gasteiger partial charge in [-0.1, -0.05) is 60.7 Å². The van der Waals surface area contributed by atoms with E-state index in [-0.39, 0.29) is 17.5 Å². The van der Waals surface area contributed by atoms with Crippen LogP contribution in [0.4, 0.5) is 0 Å². The molecule has 6 aromatic rings. The Labute approximate surface area is 231 Å². The molecule has 0 radical (unpaired) electrons. The highest BCUT2D eigenvalue weighted by molar-refractivity contribution is 5.95. The van der Waals surface area contributed by atoms with Crippen molar-refractivity contribution in [1.82, 2.24) is 14.7 Å². The van der Waals surface area contributed by atoms with Gasteiger partial charge in [-0.2, -0.15) is 0 Å². The van der Waals surface area contributed by atoms with Crippen molar-refractivity contribution in [2.24, 2.45) is 0 Å². The Kier molecular flexibility index (Phi) is 6.58. The van der Waals surface area contributed by atoms with Crippen molar-refractivity contribution in [3.05, 3.63) is 143 Å². The van der Waals surface area contributed by atoms with Crippen molar-refractivity contribution in [3.63, 3.8) is 0 Å². The standard InChI is InChI=1S/C34H27N3O3/c1-22(24-11-13-26(14-12-24)34(39)40)36-33(38)32-20-28(25-7-3-2-4-8-25)19-30-16-15-29(37(30)32)18-23-17-27-9-5-6-10-31(27)35-21-23/h2-17,19-22H,18H2,1H3,(H,36,38)(H,39,40)/t22-/m0/s1. The molecule has 0 saturated heterocycles. The number of aromatic carboxylic acids is 1. The van der Waals surface area contributed by atoms with E-state index in [0.717, 1.165) is 44.4 Å². The van der Waals surface area contributed by atoms with E-state index in [1.807, 2.05) is 78.2 Å². The average molecular weight is 526 g/mol. The van der Waals surface area contributed by atoms with Crippen molar-refractivity contribution in [1.29, 1.82) is 0 Å². The first-order valence-electron chi connectivity index (χ1n) is 13.1. The van der Waals surface area contributed by atoms with Crippen LogP contribution in [0.15, 0.2) is 115 Å². The highest BCUT2D eigenvalue weighted by Gasteiger charge is 2.19. The summed E-state index contributed by atoms with van der Waals surface area (Å²) in [5.74, 6) is -1.20. The van der Waals surface area contributed by atoms with Crippen LogP contribution in [0.25, 0.3) is 27.5 Å². The lowest BCUT2D eigenvalue weighted by Crippen LogP contribution is -2.28. The van der Waals surface area contributed by atoms with E-state index in [0.29, 0.717) is 12.1 Å². The van der Waals surface area contributed by atoms with Gasteiger partial charge in [-0.3, -0.25) is 9.78 Å². The zero-order valence-corrected chi connectivity index (χ0v) is 21.9. The minimum Gasteiger partial charge on any atom is -0.478 e. The van der Waals surface area contributed by atoms with Crippen LogP contribution in [0, 0.1) is 0 Å². The molecule has 0 bridgehead atoms. The Bertz CT molecular complexity index is 1860. The zero-order chi connectivity index (χ0) is 27.6. The second kappa shape index (κ2) is 10.5. The maximum absolute atomic E-state index is 13.8. The lowest BCUT2D eigenvalue weighted by molar-refractivity contribution is 0.0696. The fourth-order valence-corrected chi connectivity index (χ4v) is 5.11. The second-order valence-corrected chi connectivity index (χ2v) is 9.92. The van der Waals surface area contributed by atoms with Gasteiger partial charge in [0.15, 0.2) is 0 Å². The predicted molar refractivity (Wildman–Crippen MR) is 157 cm³/mol. The van der Waals surface area contributed by atoms with Crippen molar-refractivity contribution in [3.8, 4) is 11.1 Å². The summed E-state index contributed by atoms with van der Waals surface area (Å²) in [7, 11) is 0. The fourth-order valence-electron chi connectivity index (χ4n) is 5.11. The van der Waals surface area contributed by atoms with Crippen LogP contribution >= 0.6 is 0 Å². The summed E-state index contributed by atoms with van der Waals surface area (Å²) in [5.41, 5.74) is 7.45. The molecule has 196 valence electrons. The number of carbonyl (C=O) groups is 2. The van der Waals surface area contributed by atoms with E-state index in [1.54, 1.807) is 24.3 Å². The van der Waals surface area contributed by atoms with E-state index in [2.05, 4.69) is 34.6 Å². The first-order chi connectivity index (χ1) is 19.5. The number of carbonyl (C=O) groups excluding carboxylic acids is 1. The Balaban J connectivity index is 1.39. The lowest BCUT2D eigenvalue weighted by Gasteiger charge is -2.18. The molecule has 3 aromatic carbocycles. The molecule has 0 fully saturated rings. The second-order valence-electron chi connectivity index (χ2n) is 9.92. The van der Waals surface area contributed by atoms with Crippen LogP contribution in [0.2, 0.25) is 0 Å². The first-order valence-corrected chi connectivity index (χ1v) is 13.1. The van der Waals surface area contributed by atoms with Gasteiger partial charge in [-0.15, -0.1) is 0 Å². The molecule has 1 amide bonds. The quantitative estimate of drug-likeness (QED) is 0.237. The molecule has 0 aliphatic rings. The summed E-state index contributed by atoms with van der Waals surface area (Å²) in [6.45, 7) is 1.89. The number of nitrogens with zero attached hydrogens (tertiary/aromatic N) is 2. The van der Waals surface area contributed by atoms with Gasteiger partial charge in [-0.05, 0) is 77.7 Å². The van der Waals surface area contributed by atoms with Gasteiger partial charge in [0.2, 0.25) is 0 Å². The van der Waals surface area contributed by atoms with Gasteiger partial charge >= 0.3 is 5.97 Å². The van der Waals surface area contributed by atoms with Crippen LogP contribution < -0.4 is 5.32 Å². The van der Waals surface area contributed by atoms with Crippen molar-refractivity contribution < 1.29 is 14.7 Å². The normalized spacial score (nSPS) is 11.9. The number of rotatable bonds is 7.